The Balaban J connectivity index is 2.50. The van der Waals surface area contributed by atoms with Gasteiger partial charge in [0.25, 0.3) is 0 Å². The molecule has 1 aromatic carbocycles. The topological polar surface area (TPSA) is 112 Å². The third kappa shape index (κ3) is 4.87. The monoisotopic (exact) mass is 371 g/mol. The van der Waals surface area contributed by atoms with Gasteiger partial charge < -0.3 is 20.4 Å². The molecule has 8 heteroatoms. The van der Waals surface area contributed by atoms with Crippen molar-refractivity contribution in [3.8, 4) is 5.69 Å². The average Bonchev–Trinajstić information content (AvgIpc) is 2.81. The van der Waals surface area contributed by atoms with Crippen molar-refractivity contribution in [2.24, 2.45) is 0 Å². The van der Waals surface area contributed by atoms with E-state index in [1.54, 1.807) is 45.9 Å². The zero-order chi connectivity index (χ0) is 20.4. The number of ether oxygens (including phenoxy) is 1. The van der Waals surface area contributed by atoms with Crippen molar-refractivity contribution in [2.45, 2.75) is 40.2 Å². The van der Waals surface area contributed by atoms with Gasteiger partial charge in [-0.15, -0.1) is 0 Å². The molecule has 0 aliphatic rings. The van der Waals surface area contributed by atoms with Crippen molar-refractivity contribution in [2.75, 3.05) is 10.6 Å². The lowest BCUT2D eigenvalue weighted by Crippen LogP contribution is -2.27. The zero-order valence-corrected chi connectivity index (χ0v) is 16.2. The number of rotatable bonds is 5. The van der Waals surface area contributed by atoms with Gasteiger partial charge in [0.05, 0.1) is 11.4 Å². The highest BCUT2D eigenvalue weighted by Gasteiger charge is 2.19. The number of aryl methyl sites for hydroxylation is 1. The van der Waals surface area contributed by atoms with Gasteiger partial charge in [-0.05, 0) is 64.6 Å². The van der Waals surface area contributed by atoms with E-state index in [0.717, 1.165) is 5.56 Å². The van der Waals surface area contributed by atoms with E-state index in [1.165, 1.54) is 10.8 Å². The Kier molecular flexibility index (Phi) is 5.58. The molecule has 1 aromatic heterocycles. The Labute approximate surface area is 157 Å². The molecule has 0 saturated heterocycles. The molecule has 4 N–H and O–H groups in total. The SMILES string of the molecule is C=CNc1c(C(C)=N)[nH]c(=O)n1-c1cc(C)cc(NC(=O)OC(C)(C)C)c1. The Bertz CT molecular complexity index is 947. The first kappa shape index (κ1) is 20.0. The number of aromatic amines is 1. The molecule has 27 heavy (non-hydrogen) atoms. The predicted octanol–water partition coefficient (Wildman–Crippen LogP) is 3.76. The Morgan fingerprint density at radius 2 is 2.00 bits per heavy atom. The largest absolute Gasteiger partial charge is 0.444 e. The molecule has 1 heterocycles. The normalized spacial score (nSPS) is 11.0. The van der Waals surface area contributed by atoms with Gasteiger partial charge in [0.2, 0.25) is 0 Å². The summed E-state index contributed by atoms with van der Waals surface area (Å²) < 4.78 is 6.66. The summed E-state index contributed by atoms with van der Waals surface area (Å²) in [6.07, 6.45) is 0.849. The molecule has 0 aliphatic carbocycles. The highest BCUT2D eigenvalue weighted by Crippen LogP contribution is 2.23. The van der Waals surface area contributed by atoms with Crippen LogP contribution in [-0.4, -0.2) is 27.0 Å². The van der Waals surface area contributed by atoms with Crippen LogP contribution in [0, 0.1) is 12.3 Å². The van der Waals surface area contributed by atoms with Gasteiger partial charge in [-0.25, -0.2) is 14.2 Å². The maximum atomic E-state index is 12.5. The van der Waals surface area contributed by atoms with E-state index in [2.05, 4.69) is 22.2 Å². The van der Waals surface area contributed by atoms with Crippen LogP contribution < -0.4 is 16.3 Å². The van der Waals surface area contributed by atoms with Crippen molar-refractivity contribution in [3.63, 3.8) is 0 Å². The summed E-state index contributed by atoms with van der Waals surface area (Å²) in [5.41, 5.74) is 1.40. The van der Waals surface area contributed by atoms with Crippen LogP contribution in [0.25, 0.3) is 5.69 Å². The first-order valence-electron chi connectivity index (χ1n) is 8.42. The fourth-order valence-electron chi connectivity index (χ4n) is 2.57. The molecule has 2 rings (SSSR count). The Morgan fingerprint density at radius 3 is 2.56 bits per heavy atom. The molecule has 2 aromatic rings. The lowest BCUT2D eigenvalue weighted by atomic mass is 10.2. The highest BCUT2D eigenvalue weighted by atomic mass is 16.6. The van der Waals surface area contributed by atoms with Crippen LogP contribution in [0.2, 0.25) is 0 Å². The molecule has 0 unspecified atom stereocenters. The lowest BCUT2D eigenvalue weighted by molar-refractivity contribution is 0.0636. The van der Waals surface area contributed by atoms with Gasteiger partial charge in [-0.2, -0.15) is 0 Å². The smallest absolute Gasteiger partial charge is 0.412 e. The van der Waals surface area contributed by atoms with Gasteiger partial charge in [-0.3, -0.25) is 5.32 Å². The van der Waals surface area contributed by atoms with E-state index in [-0.39, 0.29) is 5.71 Å². The third-order valence-electron chi connectivity index (χ3n) is 3.47. The third-order valence-corrected chi connectivity index (χ3v) is 3.47. The molecule has 8 nitrogen and oxygen atoms in total. The summed E-state index contributed by atoms with van der Waals surface area (Å²) in [5.74, 6) is 0.399. The van der Waals surface area contributed by atoms with E-state index < -0.39 is 17.4 Å². The Morgan fingerprint density at radius 1 is 1.33 bits per heavy atom. The van der Waals surface area contributed by atoms with E-state index in [9.17, 15) is 9.59 Å². The second-order valence-electron chi connectivity index (χ2n) is 7.15. The predicted molar refractivity (Wildman–Crippen MR) is 107 cm³/mol. The van der Waals surface area contributed by atoms with Gasteiger partial charge >= 0.3 is 11.8 Å². The molecule has 1 amide bonds. The molecule has 0 spiro atoms. The number of carbonyl (C=O) groups is 1. The number of hydrogen-bond acceptors (Lipinski definition) is 5. The second kappa shape index (κ2) is 7.53. The van der Waals surface area contributed by atoms with Crippen molar-refractivity contribution in [3.05, 3.63) is 52.7 Å². The first-order chi connectivity index (χ1) is 12.5. The summed E-state index contributed by atoms with van der Waals surface area (Å²) >= 11 is 0. The maximum absolute atomic E-state index is 12.5. The number of carbonyl (C=O) groups excluding carboxylic acids is 1. The number of anilines is 2. The van der Waals surface area contributed by atoms with Crippen LogP contribution in [0.5, 0.6) is 0 Å². The van der Waals surface area contributed by atoms with Crippen LogP contribution in [0.1, 0.15) is 39.0 Å². The van der Waals surface area contributed by atoms with Crippen LogP contribution >= 0.6 is 0 Å². The molecule has 0 saturated carbocycles. The van der Waals surface area contributed by atoms with Crippen LogP contribution in [0.15, 0.2) is 35.8 Å². The molecular formula is C19H25N5O3. The molecule has 0 fully saturated rings. The molecule has 0 atom stereocenters. The molecule has 0 aliphatic heterocycles. The standard InChI is InChI=1S/C19H25N5O3/c1-7-21-16-15(12(3)20)23-17(25)24(16)14-9-11(2)8-13(10-14)22-18(26)27-19(4,5)6/h7-10,20-21H,1H2,2-6H3,(H,22,26)(H,23,25). The number of nitrogens with zero attached hydrogens (tertiary/aromatic N) is 1. The van der Waals surface area contributed by atoms with Crippen molar-refractivity contribution in [1.29, 1.82) is 5.41 Å². The number of nitrogens with one attached hydrogen (secondary N) is 4. The number of aromatic nitrogens is 2. The number of imidazole rings is 1. The number of amides is 1. The summed E-state index contributed by atoms with van der Waals surface area (Å²) in [4.78, 5) is 27.2. The Hall–Kier alpha value is -3.29. The molecule has 0 radical (unpaired) electrons. The molecule has 144 valence electrons. The van der Waals surface area contributed by atoms with Crippen molar-refractivity contribution < 1.29 is 9.53 Å². The maximum Gasteiger partial charge on any atom is 0.412 e. The zero-order valence-electron chi connectivity index (χ0n) is 16.2. The number of benzene rings is 1. The molecule has 0 bridgehead atoms. The van der Waals surface area contributed by atoms with Crippen molar-refractivity contribution in [1.82, 2.24) is 9.55 Å². The van der Waals surface area contributed by atoms with Crippen LogP contribution in [-0.2, 0) is 4.74 Å². The minimum absolute atomic E-state index is 0.204. The number of H-pyrrole nitrogens is 1. The van der Waals surface area contributed by atoms with Crippen LogP contribution in [0.3, 0.4) is 0 Å². The summed E-state index contributed by atoms with van der Waals surface area (Å²) in [6.45, 7) is 12.4. The van der Waals surface area contributed by atoms with Crippen molar-refractivity contribution >= 4 is 23.3 Å². The fraction of sp³-hybridized carbons (Fsp3) is 0.316. The van der Waals surface area contributed by atoms with Gasteiger partial charge in [0.1, 0.15) is 17.1 Å². The van der Waals surface area contributed by atoms with Gasteiger partial charge in [-0.1, -0.05) is 6.58 Å². The highest BCUT2D eigenvalue weighted by molar-refractivity contribution is 5.99. The first-order valence-corrected chi connectivity index (χ1v) is 8.42. The summed E-state index contributed by atoms with van der Waals surface area (Å²) in [7, 11) is 0. The fourth-order valence-corrected chi connectivity index (χ4v) is 2.57. The van der Waals surface area contributed by atoms with Gasteiger partial charge in [0.15, 0.2) is 0 Å². The number of hydrogen-bond donors (Lipinski definition) is 4. The van der Waals surface area contributed by atoms with Gasteiger partial charge in [0, 0.05) is 5.69 Å². The van der Waals surface area contributed by atoms with E-state index in [4.69, 9.17) is 10.1 Å². The lowest BCUT2D eigenvalue weighted by Gasteiger charge is -2.20. The van der Waals surface area contributed by atoms with E-state index >= 15 is 0 Å². The average molecular weight is 371 g/mol. The van der Waals surface area contributed by atoms with E-state index in [1.807, 2.05) is 6.92 Å². The second-order valence-corrected chi connectivity index (χ2v) is 7.15. The van der Waals surface area contributed by atoms with E-state index in [0.29, 0.717) is 22.9 Å². The molecular weight excluding hydrogens is 346 g/mol. The van der Waals surface area contributed by atoms with Crippen LogP contribution in [0.4, 0.5) is 16.3 Å². The summed E-state index contributed by atoms with van der Waals surface area (Å²) in [5, 5.41) is 13.4. The quantitative estimate of drug-likeness (QED) is 0.599. The minimum atomic E-state index is -0.619. The summed E-state index contributed by atoms with van der Waals surface area (Å²) in [6, 6.07) is 5.23. The minimum Gasteiger partial charge on any atom is -0.444 e.